The van der Waals surface area contributed by atoms with Gasteiger partial charge < -0.3 is 10.2 Å². The van der Waals surface area contributed by atoms with Gasteiger partial charge in [-0.25, -0.2) is 0 Å². The van der Waals surface area contributed by atoms with Crippen LogP contribution in [0.25, 0.3) is 0 Å². The van der Waals surface area contributed by atoms with Crippen molar-refractivity contribution in [1.82, 2.24) is 0 Å². The fourth-order valence-corrected chi connectivity index (χ4v) is 1.56. The molecule has 0 heterocycles. The minimum Gasteiger partial charge on any atom is -0.389 e. The van der Waals surface area contributed by atoms with Gasteiger partial charge >= 0.3 is 0 Å². The molecule has 0 radical (unpaired) electrons. The van der Waals surface area contributed by atoms with Crippen LogP contribution in [0, 0.1) is 5.92 Å². The van der Waals surface area contributed by atoms with Crippen molar-refractivity contribution < 1.29 is 10.2 Å². The Kier molecular flexibility index (Phi) is 2.70. The highest BCUT2D eigenvalue weighted by Gasteiger charge is 2.30. The predicted molar refractivity (Wildman–Crippen MR) is 48.7 cm³/mol. The molecule has 0 aromatic heterocycles. The van der Waals surface area contributed by atoms with Gasteiger partial charge in [0.1, 0.15) is 6.10 Å². The van der Waals surface area contributed by atoms with Gasteiger partial charge in [0.05, 0.1) is 6.10 Å². The smallest absolute Gasteiger partial charge is 0.101 e. The Balaban J connectivity index is 2.80. The molecule has 12 heavy (non-hydrogen) atoms. The minimum atomic E-state index is -0.708. The highest BCUT2D eigenvalue weighted by molar-refractivity contribution is 5.18. The summed E-state index contributed by atoms with van der Waals surface area (Å²) in [6.45, 7) is 7.51. The molecule has 0 aromatic rings. The van der Waals surface area contributed by atoms with Gasteiger partial charge in [-0.1, -0.05) is 18.2 Å². The van der Waals surface area contributed by atoms with Crippen LogP contribution in [-0.4, -0.2) is 22.4 Å². The molecule has 68 valence electrons. The number of aliphatic hydroxyl groups is 2. The van der Waals surface area contributed by atoms with Crippen molar-refractivity contribution in [1.29, 1.82) is 0 Å². The summed E-state index contributed by atoms with van der Waals surface area (Å²) in [7, 11) is 0. The molecule has 1 aliphatic carbocycles. The van der Waals surface area contributed by atoms with E-state index in [0.717, 1.165) is 17.6 Å². The van der Waals surface area contributed by atoms with Crippen LogP contribution < -0.4 is 0 Å². The van der Waals surface area contributed by atoms with E-state index in [1.54, 1.807) is 0 Å². The van der Waals surface area contributed by atoms with Gasteiger partial charge in [-0.3, -0.25) is 0 Å². The van der Waals surface area contributed by atoms with Gasteiger partial charge in [-0.2, -0.15) is 0 Å². The van der Waals surface area contributed by atoms with E-state index in [0.29, 0.717) is 0 Å². The summed E-state index contributed by atoms with van der Waals surface area (Å²) in [5, 5.41) is 19.1. The third-order valence-corrected chi connectivity index (χ3v) is 2.53. The number of aliphatic hydroxyl groups excluding tert-OH is 2. The predicted octanol–water partition coefficient (Wildman–Crippen LogP) is 1.25. The fourth-order valence-electron chi connectivity index (χ4n) is 1.56. The highest BCUT2D eigenvalue weighted by atomic mass is 16.3. The SMILES string of the molecule is C=C(C)[C@@H]1CC=C(C)[C@@H](O)[C@@H]1O. The van der Waals surface area contributed by atoms with Gasteiger partial charge in [-0.15, -0.1) is 0 Å². The maximum atomic E-state index is 9.63. The van der Waals surface area contributed by atoms with Crippen LogP contribution in [-0.2, 0) is 0 Å². The molecule has 2 nitrogen and oxygen atoms in total. The lowest BCUT2D eigenvalue weighted by molar-refractivity contribution is 0.00618. The third-order valence-electron chi connectivity index (χ3n) is 2.53. The second-order valence-corrected chi connectivity index (χ2v) is 3.57. The van der Waals surface area contributed by atoms with Crippen LogP contribution >= 0.6 is 0 Å². The summed E-state index contributed by atoms with van der Waals surface area (Å²) in [5.74, 6) is 0.0173. The maximum absolute atomic E-state index is 9.63. The topological polar surface area (TPSA) is 40.5 Å². The van der Waals surface area contributed by atoms with E-state index >= 15 is 0 Å². The molecule has 1 aliphatic rings. The standard InChI is InChI=1S/C10H16O2/c1-6(2)8-5-4-7(3)9(11)10(8)12/h4,8-12H,1,5H2,2-3H3/t8-,9+,10+/m0/s1. The molecule has 0 amide bonds. The lowest BCUT2D eigenvalue weighted by Crippen LogP contribution is -2.37. The zero-order valence-electron chi connectivity index (χ0n) is 7.62. The largest absolute Gasteiger partial charge is 0.389 e. The van der Waals surface area contributed by atoms with E-state index in [2.05, 4.69) is 6.58 Å². The molecule has 0 aromatic carbocycles. The average molecular weight is 168 g/mol. The average Bonchev–Trinajstić information content (AvgIpc) is 2.00. The highest BCUT2D eigenvalue weighted by Crippen LogP contribution is 2.28. The van der Waals surface area contributed by atoms with Gasteiger partial charge in [0, 0.05) is 5.92 Å². The van der Waals surface area contributed by atoms with Gasteiger partial charge in [0.15, 0.2) is 0 Å². The van der Waals surface area contributed by atoms with Crippen LogP contribution in [0.2, 0.25) is 0 Å². The van der Waals surface area contributed by atoms with Crippen molar-refractivity contribution >= 4 is 0 Å². The van der Waals surface area contributed by atoms with Crippen molar-refractivity contribution in [2.45, 2.75) is 32.5 Å². The summed E-state index contributed by atoms with van der Waals surface area (Å²) in [5.41, 5.74) is 1.80. The molecule has 1 rings (SSSR count). The first kappa shape index (κ1) is 9.49. The van der Waals surface area contributed by atoms with E-state index in [1.807, 2.05) is 19.9 Å². The third kappa shape index (κ3) is 1.59. The molecule has 0 fully saturated rings. The van der Waals surface area contributed by atoms with Gasteiger partial charge in [-0.05, 0) is 25.8 Å². The van der Waals surface area contributed by atoms with Crippen LogP contribution in [0.15, 0.2) is 23.8 Å². The summed E-state index contributed by atoms with van der Waals surface area (Å²) >= 11 is 0. The summed E-state index contributed by atoms with van der Waals surface area (Å²) in [6, 6.07) is 0. The first-order valence-electron chi connectivity index (χ1n) is 4.22. The molecule has 0 bridgehead atoms. The Morgan fingerprint density at radius 2 is 2.17 bits per heavy atom. The van der Waals surface area contributed by atoms with E-state index in [4.69, 9.17) is 0 Å². The first-order valence-corrected chi connectivity index (χ1v) is 4.22. The van der Waals surface area contributed by atoms with Crippen molar-refractivity contribution in [2.75, 3.05) is 0 Å². The lowest BCUT2D eigenvalue weighted by Gasteiger charge is -2.31. The van der Waals surface area contributed by atoms with Gasteiger partial charge in [0.25, 0.3) is 0 Å². The minimum absolute atomic E-state index is 0.0173. The second-order valence-electron chi connectivity index (χ2n) is 3.57. The molecule has 0 spiro atoms. The maximum Gasteiger partial charge on any atom is 0.101 e. The zero-order chi connectivity index (χ0) is 9.30. The summed E-state index contributed by atoms with van der Waals surface area (Å²) in [4.78, 5) is 0. The Labute approximate surface area is 73.2 Å². The molecule has 0 aliphatic heterocycles. The van der Waals surface area contributed by atoms with E-state index in [9.17, 15) is 10.2 Å². The van der Waals surface area contributed by atoms with Crippen molar-refractivity contribution in [3.63, 3.8) is 0 Å². The van der Waals surface area contributed by atoms with Crippen LogP contribution in [0.4, 0.5) is 0 Å². The fraction of sp³-hybridized carbons (Fsp3) is 0.600. The summed E-state index contributed by atoms with van der Waals surface area (Å²) < 4.78 is 0. The molecular formula is C10H16O2. The first-order chi connectivity index (χ1) is 5.54. The van der Waals surface area contributed by atoms with Crippen molar-refractivity contribution in [3.8, 4) is 0 Å². The second kappa shape index (κ2) is 3.42. The number of hydrogen-bond acceptors (Lipinski definition) is 2. The molecular weight excluding hydrogens is 152 g/mol. The quantitative estimate of drug-likeness (QED) is 0.578. The monoisotopic (exact) mass is 168 g/mol. The Hall–Kier alpha value is -0.600. The summed E-state index contributed by atoms with van der Waals surface area (Å²) in [6.07, 6.45) is 1.38. The molecule has 2 heteroatoms. The number of hydrogen-bond donors (Lipinski definition) is 2. The van der Waals surface area contributed by atoms with Crippen molar-refractivity contribution in [2.24, 2.45) is 5.92 Å². The van der Waals surface area contributed by atoms with E-state index in [1.165, 1.54) is 0 Å². The van der Waals surface area contributed by atoms with E-state index < -0.39 is 12.2 Å². The Morgan fingerprint density at radius 3 is 2.67 bits per heavy atom. The molecule has 2 N–H and O–H groups in total. The zero-order valence-corrected chi connectivity index (χ0v) is 7.62. The number of rotatable bonds is 1. The normalized spacial score (nSPS) is 36.0. The molecule has 0 saturated carbocycles. The lowest BCUT2D eigenvalue weighted by atomic mass is 9.82. The molecule has 0 saturated heterocycles. The van der Waals surface area contributed by atoms with Crippen LogP contribution in [0.3, 0.4) is 0 Å². The van der Waals surface area contributed by atoms with Crippen molar-refractivity contribution in [3.05, 3.63) is 23.8 Å². The molecule has 3 atom stereocenters. The Bertz CT molecular complexity index is 218. The molecule has 0 unspecified atom stereocenters. The van der Waals surface area contributed by atoms with Crippen LogP contribution in [0.5, 0.6) is 0 Å². The van der Waals surface area contributed by atoms with E-state index in [-0.39, 0.29) is 5.92 Å². The van der Waals surface area contributed by atoms with Crippen LogP contribution in [0.1, 0.15) is 20.3 Å². The number of allylic oxidation sites excluding steroid dienone is 1. The van der Waals surface area contributed by atoms with Gasteiger partial charge in [0.2, 0.25) is 0 Å². The Morgan fingerprint density at radius 1 is 1.58 bits per heavy atom.